The van der Waals surface area contributed by atoms with Crippen molar-refractivity contribution in [1.29, 1.82) is 0 Å². The zero-order valence-electron chi connectivity index (χ0n) is 24.9. The zero-order chi connectivity index (χ0) is 28.7. The van der Waals surface area contributed by atoms with Gasteiger partial charge in [-0.2, -0.15) is 5.92 Å². The Bertz CT molecular complexity index is 911. The van der Waals surface area contributed by atoms with E-state index in [0.29, 0.717) is 19.3 Å². The summed E-state index contributed by atoms with van der Waals surface area (Å²) in [5.74, 6) is -3.06. The molecule has 9 nitrogen and oxygen atoms in total. The third-order valence-electron chi connectivity index (χ3n) is 6.90. The van der Waals surface area contributed by atoms with Gasteiger partial charge >= 0.3 is 12.1 Å². The van der Waals surface area contributed by atoms with Gasteiger partial charge in [-0.05, 0) is 65.7 Å². The summed E-state index contributed by atoms with van der Waals surface area (Å²) in [6, 6.07) is -1.90. The Morgan fingerprint density at radius 3 is 2.38 bits per heavy atom. The molecule has 0 spiro atoms. The maximum absolute atomic E-state index is 13.8. The average Bonchev–Trinajstić information content (AvgIpc) is 3.46. The second kappa shape index (κ2) is 16.7. The quantitative estimate of drug-likeness (QED) is 0.106. The van der Waals surface area contributed by atoms with E-state index < -0.39 is 59.0 Å². The number of carbonyl (C=O) groups is 4. The number of hydrogen-bond donors (Lipinski definition) is 2. The van der Waals surface area contributed by atoms with Gasteiger partial charge in [0.1, 0.15) is 23.2 Å². The summed E-state index contributed by atoms with van der Waals surface area (Å²) < 4.78 is 10.6. The molecule has 1 aliphatic heterocycles. The summed E-state index contributed by atoms with van der Waals surface area (Å²) in [7, 11) is 6.36. The number of esters is 1. The van der Waals surface area contributed by atoms with Crippen LogP contribution in [0.15, 0.2) is 25.3 Å². The van der Waals surface area contributed by atoms with Crippen molar-refractivity contribution in [2.45, 2.75) is 102 Å². The second-order valence-electron chi connectivity index (χ2n) is 11.1. The SMILES string of the molecule is [B]C1[C@H]([CH2-])C[C@@H](C(=O)N[C@]2(C(=O)OCC)CC2C=C)N1C(=O)[C@H](CCCCCC=C)NC(=O)OC(C)(C)C.[CH3-].[Y]. The fourth-order valence-corrected chi connectivity index (χ4v) is 4.77. The minimum atomic E-state index is -1.20. The van der Waals surface area contributed by atoms with E-state index in [9.17, 15) is 19.2 Å². The average molecular weight is 632 g/mol. The molecule has 221 valence electrons. The van der Waals surface area contributed by atoms with E-state index in [0.717, 1.165) is 19.3 Å². The molecule has 1 aliphatic carbocycles. The second-order valence-corrected chi connectivity index (χ2v) is 11.1. The smallest absolute Gasteiger partial charge is 0.408 e. The number of likely N-dealkylation sites (tertiary alicyclic amines) is 1. The van der Waals surface area contributed by atoms with Crippen LogP contribution in [0.3, 0.4) is 0 Å². The first-order valence-corrected chi connectivity index (χ1v) is 13.4. The number of nitrogens with one attached hydrogen (secondary N) is 2. The van der Waals surface area contributed by atoms with E-state index in [-0.39, 0.29) is 59.1 Å². The molecule has 1 saturated carbocycles. The van der Waals surface area contributed by atoms with Crippen LogP contribution in [0, 0.1) is 26.2 Å². The fraction of sp³-hybridized carbons (Fsp3) is 0.655. The van der Waals surface area contributed by atoms with Crippen LogP contribution in [0.5, 0.6) is 0 Å². The first kappa shape index (κ1) is 38.3. The summed E-state index contributed by atoms with van der Waals surface area (Å²) >= 11 is 0. The van der Waals surface area contributed by atoms with Gasteiger partial charge in [0.2, 0.25) is 11.8 Å². The molecule has 3 radical (unpaired) electrons. The maximum Gasteiger partial charge on any atom is 0.408 e. The van der Waals surface area contributed by atoms with Crippen LogP contribution >= 0.6 is 0 Å². The van der Waals surface area contributed by atoms with Gasteiger partial charge in [0.25, 0.3) is 0 Å². The van der Waals surface area contributed by atoms with Gasteiger partial charge in [-0.1, -0.05) is 25.0 Å². The van der Waals surface area contributed by atoms with Crippen LogP contribution in [-0.4, -0.2) is 72.4 Å². The molecule has 0 aromatic heterocycles. The van der Waals surface area contributed by atoms with Gasteiger partial charge in [-0.3, -0.25) is 9.59 Å². The van der Waals surface area contributed by atoms with E-state index in [4.69, 9.17) is 17.3 Å². The van der Waals surface area contributed by atoms with E-state index in [1.54, 1.807) is 33.8 Å². The van der Waals surface area contributed by atoms with Crippen molar-refractivity contribution >= 4 is 31.7 Å². The van der Waals surface area contributed by atoms with Crippen molar-refractivity contribution < 1.29 is 61.4 Å². The van der Waals surface area contributed by atoms with E-state index in [1.165, 1.54) is 4.90 Å². The summed E-state index contributed by atoms with van der Waals surface area (Å²) in [6.45, 7) is 18.6. The summed E-state index contributed by atoms with van der Waals surface area (Å²) in [4.78, 5) is 53.8. The van der Waals surface area contributed by atoms with Gasteiger partial charge in [0.15, 0.2) is 0 Å². The fourth-order valence-electron chi connectivity index (χ4n) is 4.77. The van der Waals surface area contributed by atoms with Gasteiger partial charge in [-0.25, -0.2) is 9.59 Å². The minimum absolute atomic E-state index is 0. The van der Waals surface area contributed by atoms with Crippen molar-refractivity contribution in [2.75, 3.05) is 6.61 Å². The van der Waals surface area contributed by atoms with Crippen LogP contribution in [0.1, 0.15) is 72.6 Å². The van der Waals surface area contributed by atoms with Gasteiger partial charge in [0, 0.05) is 38.6 Å². The number of rotatable bonds is 13. The van der Waals surface area contributed by atoms with E-state index in [1.807, 2.05) is 6.08 Å². The molecule has 2 aliphatic rings. The molecule has 2 fully saturated rings. The molecule has 11 heteroatoms. The van der Waals surface area contributed by atoms with Crippen LogP contribution in [-0.2, 0) is 56.6 Å². The molecule has 40 heavy (non-hydrogen) atoms. The van der Waals surface area contributed by atoms with Gasteiger partial charge in [-0.15, -0.1) is 13.2 Å². The number of ether oxygens (including phenoxy) is 2. The normalized spacial score (nSPS) is 25.8. The van der Waals surface area contributed by atoms with Gasteiger partial charge < -0.3 is 39.4 Å². The van der Waals surface area contributed by atoms with Crippen molar-refractivity contribution in [1.82, 2.24) is 15.5 Å². The number of carbonyl (C=O) groups excluding carboxylic acids is 4. The molecule has 0 bridgehead atoms. The molecule has 2 unspecified atom stereocenters. The number of nitrogens with zero attached hydrogens (tertiary/aromatic N) is 1. The summed E-state index contributed by atoms with van der Waals surface area (Å²) in [6.07, 6.45) is 6.92. The third kappa shape index (κ3) is 10.0. The predicted octanol–water partition coefficient (Wildman–Crippen LogP) is 3.63. The Morgan fingerprint density at radius 2 is 1.85 bits per heavy atom. The van der Waals surface area contributed by atoms with Crippen molar-refractivity contribution in [3.05, 3.63) is 39.7 Å². The Morgan fingerprint density at radius 1 is 1.20 bits per heavy atom. The Balaban J connectivity index is 0.00000760. The Kier molecular flexibility index (Phi) is 16.0. The molecule has 2 rings (SSSR count). The number of allylic oxidation sites excluding steroid dienone is 1. The van der Waals surface area contributed by atoms with Crippen molar-refractivity contribution in [3.63, 3.8) is 0 Å². The van der Waals surface area contributed by atoms with Crippen LogP contribution in [0.2, 0.25) is 0 Å². The number of unbranched alkanes of at least 4 members (excludes halogenated alkanes) is 3. The summed E-state index contributed by atoms with van der Waals surface area (Å²) in [5.41, 5.74) is -1.95. The predicted molar refractivity (Wildman–Crippen MR) is 152 cm³/mol. The first-order valence-electron chi connectivity index (χ1n) is 13.4. The third-order valence-corrected chi connectivity index (χ3v) is 6.90. The monoisotopic (exact) mass is 632 g/mol. The summed E-state index contributed by atoms with van der Waals surface area (Å²) in [5, 5.41) is 5.49. The maximum atomic E-state index is 13.8. The largest absolute Gasteiger partial charge is 0.464 e. The number of alkyl carbamates (subject to hydrolysis) is 1. The van der Waals surface area contributed by atoms with Crippen LogP contribution in [0.25, 0.3) is 0 Å². The zero-order valence-corrected chi connectivity index (χ0v) is 27.7. The number of amides is 3. The topological polar surface area (TPSA) is 114 Å². The first-order chi connectivity index (χ1) is 17.8. The number of hydrogen-bond acceptors (Lipinski definition) is 6. The molecular weight excluding hydrogens is 586 g/mol. The minimum Gasteiger partial charge on any atom is -0.464 e. The molecule has 2 N–H and O–H groups in total. The van der Waals surface area contributed by atoms with E-state index >= 15 is 0 Å². The Hall–Kier alpha value is -1.67. The molecule has 0 aromatic rings. The van der Waals surface area contributed by atoms with Gasteiger partial charge in [0.05, 0.1) is 14.5 Å². The van der Waals surface area contributed by atoms with Crippen molar-refractivity contribution in [2.24, 2.45) is 11.8 Å². The Labute approximate surface area is 267 Å². The molecular formula is C29H46BN3O6Y-2. The van der Waals surface area contributed by atoms with E-state index in [2.05, 4.69) is 30.7 Å². The van der Waals surface area contributed by atoms with Crippen molar-refractivity contribution in [3.8, 4) is 0 Å². The molecule has 6 atom stereocenters. The van der Waals surface area contributed by atoms with Crippen LogP contribution < -0.4 is 10.6 Å². The molecule has 1 saturated heterocycles. The molecule has 1 heterocycles. The van der Waals surface area contributed by atoms with Crippen LogP contribution in [0.4, 0.5) is 4.79 Å². The standard InChI is InChI=1S/C28H43BN3O6.CH3.Y/c1-8-11-12-13-14-15-20(30-26(36)38-27(5,6)7)24(34)32-21(16-18(4)22(32)29)23(33)31-28(17-19(28)9-2)25(35)37-10-3;;/h8-9,18-22H,1-2,4,10-17H2,3,5-7H3,(H,30,36)(H,31,33);1H3;/q2*-1;/t18-,19?,20+,21+,22?,28-;;/m1../s1. The molecule has 0 aromatic carbocycles. The molecule has 3 amide bonds.